The molecule has 1 aromatic rings. The van der Waals surface area contributed by atoms with E-state index in [0.717, 1.165) is 24.9 Å². The van der Waals surface area contributed by atoms with Crippen LogP contribution in [0.5, 0.6) is 0 Å². The first-order valence-corrected chi connectivity index (χ1v) is 7.60. The van der Waals surface area contributed by atoms with Gasteiger partial charge < -0.3 is 20.0 Å². The van der Waals surface area contributed by atoms with Gasteiger partial charge in [0.05, 0.1) is 11.6 Å². The summed E-state index contributed by atoms with van der Waals surface area (Å²) < 4.78 is 0. The van der Waals surface area contributed by atoms with Crippen LogP contribution in [0, 0.1) is 0 Å². The number of amides is 1. The monoisotopic (exact) mass is 306 g/mol. The topological polar surface area (TPSA) is 81.1 Å². The summed E-state index contributed by atoms with van der Waals surface area (Å²) in [6.07, 6.45) is 2.03. The average molecular weight is 306 g/mol. The van der Waals surface area contributed by atoms with Crippen LogP contribution in [0.25, 0.3) is 0 Å². The van der Waals surface area contributed by atoms with Crippen molar-refractivity contribution >= 4 is 17.7 Å². The van der Waals surface area contributed by atoms with Gasteiger partial charge in [0.1, 0.15) is 0 Å². The molecule has 1 aliphatic rings. The van der Waals surface area contributed by atoms with Crippen molar-refractivity contribution in [3.63, 3.8) is 0 Å². The number of hydrogen-bond donors (Lipinski definition) is 2. The summed E-state index contributed by atoms with van der Waals surface area (Å²) in [6.45, 7) is 3.85. The first-order valence-electron chi connectivity index (χ1n) is 7.60. The molecule has 1 heterocycles. The van der Waals surface area contributed by atoms with E-state index in [1.165, 1.54) is 4.90 Å². The summed E-state index contributed by atoms with van der Waals surface area (Å²) in [4.78, 5) is 25.9. The van der Waals surface area contributed by atoms with Crippen molar-refractivity contribution in [3.8, 4) is 0 Å². The third kappa shape index (κ3) is 3.69. The molecule has 0 spiro atoms. The van der Waals surface area contributed by atoms with Crippen molar-refractivity contribution in [2.24, 2.45) is 0 Å². The first kappa shape index (κ1) is 16.1. The number of unbranched alkanes of at least 4 members (excludes halogenated alkanes) is 1. The smallest absolute Gasteiger partial charge is 0.407 e. The maximum absolute atomic E-state index is 11.3. The SMILES string of the molecule is CCCCC1CN(c2ccc(C(=O)O)cc2)CCN1C(=O)O. The van der Waals surface area contributed by atoms with Crippen LogP contribution in [-0.4, -0.2) is 52.9 Å². The number of carboxylic acids is 1. The Hall–Kier alpha value is -2.24. The molecule has 1 fully saturated rings. The van der Waals surface area contributed by atoms with E-state index in [1.54, 1.807) is 24.3 Å². The summed E-state index contributed by atoms with van der Waals surface area (Å²) in [5.41, 5.74) is 1.20. The molecule has 6 nitrogen and oxygen atoms in total. The Morgan fingerprint density at radius 2 is 1.86 bits per heavy atom. The first-order chi connectivity index (χ1) is 10.5. The van der Waals surface area contributed by atoms with Crippen molar-refractivity contribution < 1.29 is 19.8 Å². The van der Waals surface area contributed by atoms with Gasteiger partial charge in [0, 0.05) is 25.3 Å². The van der Waals surface area contributed by atoms with Gasteiger partial charge in [0.2, 0.25) is 0 Å². The van der Waals surface area contributed by atoms with Crippen LogP contribution >= 0.6 is 0 Å². The molecule has 1 atom stereocenters. The highest BCUT2D eigenvalue weighted by molar-refractivity contribution is 5.88. The van der Waals surface area contributed by atoms with Crippen LogP contribution in [0.3, 0.4) is 0 Å². The third-order valence-corrected chi connectivity index (χ3v) is 4.10. The molecule has 1 aromatic carbocycles. The molecule has 0 aliphatic carbocycles. The summed E-state index contributed by atoms with van der Waals surface area (Å²) in [7, 11) is 0. The van der Waals surface area contributed by atoms with Crippen LogP contribution < -0.4 is 4.90 Å². The average Bonchev–Trinajstić information content (AvgIpc) is 2.52. The fraction of sp³-hybridized carbons (Fsp3) is 0.500. The fourth-order valence-electron chi connectivity index (χ4n) is 2.84. The second-order valence-corrected chi connectivity index (χ2v) is 5.57. The minimum Gasteiger partial charge on any atom is -0.478 e. The highest BCUT2D eigenvalue weighted by Gasteiger charge is 2.29. The second-order valence-electron chi connectivity index (χ2n) is 5.57. The standard InChI is InChI=1S/C16H22N2O4/c1-2-3-4-14-11-17(9-10-18(14)16(21)22)13-7-5-12(6-8-13)15(19)20/h5-8,14H,2-4,9-11H2,1H3,(H,19,20)(H,21,22). The quantitative estimate of drug-likeness (QED) is 0.874. The van der Waals surface area contributed by atoms with E-state index in [9.17, 15) is 14.7 Å². The van der Waals surface area contributed by atoms with Crippen molar-refractivity contribution in [1.29, 1.82) is 0 Å². The zero-order valence-electron chi connectivity index (χ0n) is 12.7. The van der Waals surface area contributed by atoms with Crippen LogP contribution in [0.2, 0.25) is 0 Å². The molecule has 0 aromatic heterocycles. The highest BCUT2D eigenvalue weighted by Crippen LogP contribution is 2.22. The van der Waals surface area contributed by atoms with Crippen LogP contribution in [-0.2, 0) is 0 Å². The van der Waals surface area contributed by atoms with Crippen LogP contribution in [0.4, 0.5) is 10.5 Å². The van der Waals surface area contributed by atoms with Gasteiger partial charge in [-0.25, -0.2) is 9.59 Å². The lowest BCUT2D eigenvalue weighted by Gasteiger charge is -2.41. The van der Waals surface area contributed by atoms with E-state index in [4.69, 9.17) is 5.11 Å². The van der Waals surface area contributed by atoms with Crippen molar-refractivity contribution in [3.05, 3.63) is 29.8 Å². The number of carboxylic acid groups (broad SMARTS) is 2. The normalized spacial score (nSPS) is 18.3. The lowest BCUT2D eigenvalue weighted by atomic mass is 10.0. The molecule has 2 N–H and O–H groups in total. The Labute approximate surface area is 130 Å². The van der Waals surface area contributed by atoms with Crippen LogP contribution in [0.15, 0.2) is 24.3 Å². The minimum absolute atomic E-state index is 0.00893. The van der Waals surface area contributed by atoms with E-state index in [-0.39, 0.29) is 11.6 Å². The molecular weight excluding hydrogens is 284 g/mol. The molecule has 0 bridgehead atoms. The summed E-state index contributed by atoms with van der Waals surface area (Å²) in [6, 6.07) is 6.74. The number of anilines is 1. The molecule has 2 rings (SSSR count). The second kappa shape index (κ2) is 7.15. The number of benzene rings is 1. The van der Waals surface area contributed by atoms with Crippen molar-refractivity contribution in [2.45, 2.75) is 32.2 Å². The number of hydrogen-bond acceptors (Lipinski definition) is 3. The number of piperazine rings is 1. The van der Waals surface area contributed by atoms with Gasteiger partial charge in [-0.3, -0.25) is 0 Å². The van der Waals surface area contributed by atoms with Crippen LogP contribution in [0.1, 0.15) is 36.5 Å². The van der Waals surface area contributed by atoms with Crippen molar-refractivity contribution in [2.75, 3.05) is 24.5 Å². The van der Waals surface area contributed by atoms with Gasteiger partial charge in [0.15, 0.2) is 0 Å². The predicted molar refractivity (Wildman–Crippen MR) is 83.7 cm³/mol. The number of nitrogens with zero attached hydrogens (tertiary/aromatic N) is 2. The van der Waals surface area contributed by atoms with Gasteiger partial charge in [-0.2, -0.15) is 0 Å². The summed E-state index contributed by atoms with van der Waals surface area (Å²) in [5.74, 6) is -0.942. The van der Waals surface area contributed by atoms with Gasteiger partial charge in [-0.1, -0.05) is 19.8 Å². The molecule has 1 unspecified atom stereocenters. The maximum Gasteiger partial charge on any atom is 0.407 e. The molecule has 0 saturated carbocycles. The zero-order valence-corrected chi connectivity index (χ0v) is 12.7. The molecule has 6 heteroatoms. The molecule has 22 heavy (non-hydrogen) atoms. The molecule has 1 saturated heterocycles. The van der Waals surface area contributed by atoms with Gasteiger partial charge >= 0.3 is 12.1 Å². The zero-order chi connectivity index (χ0) is 16.1. The van der Waals surface area contributed by atoms with E-state index in [1.807, 2.05) is 0 Å². The van der Waals surface area contributed by atoms with E-state index in [0.29, 0.717) is 19.6 Å². The Kier molecular flexibility index (Phi) is 5.25. The Bertz CT molecular complexity index is 529. The molecule has 0 radical (unpaired) electrons. The Balaban J connectivity index is 2.09. The molecule has 120 valence electrons. The number of aromatic carboxylic acids is 1. The molecule has 1 amide bonds. The van der Waals surface area contributed by atoms with E-state index in [2.05, 4.69) is 11.8 Å². The third-order valence-electron chi connectivity index (χ3n) is 4.10. The highest BCUT2D eigenvalue weighted by atomic mass is 16.4. The fourth-order valence-corrected chi connectivity index (χ4v) is 2.84. The van der Waals surface area contributed by atoms with Gasteiger partial charge in [-0.15, -0.1) is 0 Å². The summed E-state index contributed by atoms with van der Waals surface area (Å²) in [5, 5.41) is 18.2. The lowest BCUT2D eigenvalue weighted by molar-refractivity contribution is 0.0696. The van der Waals surface area contributed by atoms with Crippen molar-refractivity contribution in [1.82, 2.24) is 4.90 Å². The van der Waals surface area contributed by atoms with Gasteiger partial charge in [-0.05, 0) is 30.7 Å². The largest absolute Gasteiger partial charge is 0.478 e. The van der Waals surface area contributed by atoms with E-state index >= 15 is 0 Å². The number of carbonyl (C=O) groups is 2. The molecular formula is C16H22N2O4. The number of rotatable bonds is 5. The minimum atomic E-state index is -0.942. The Morgan fingerprint density at radius 1 is 1.18 bits per heavy atom. The predicted octanol–water partition coefficient (Wildman–Crippen LogP) is 2.74. The van der Waals surface area contributed by atoms with E-state index < -0.39 is 12.1 Å². The lowest BCUT2D eigenvalue weighted by Crippen LogP contribution is -2.55. The summed E-state index contributed by atoms with van der Waals surface area (Å²) >= 11 is 0. The van der Waals surface area contributed by atoms with Gasteiger partial charge in [0.25, 0.3) is 0 Å². The maximum atomic E-state index is 11.3. The Morgan fingerprint density at radius 3 is 2.41 bits per heavy atom. The molecule has 1 aliphatic heterocycles.